The van der Waals surface area contributed by atoms with E-state index in [0.29, 0.717) is 18.1 Å². The van der Waals surface area contributed by atoms with E-state index in [1.807, 2.05) is 30.3 Å². The van der Waals surface area contributed by atoms with Gasteiger partial charge in [-0.3, -0.25) is 13.9 Å². The van der Waals surface area contributed by atoms with Crippen molar-refractivity contribution in [1.82, 2.24) is 10.2 Å². The molecule has 0 aromatic heterocycles. The molecule has 0 bridgehead atoms. The maximum atomic E-state index is 12.5. The number of nitrogens with zero attached hydrogens (tertiary/aromatic N) is 1. The molecule has 1 aromatic carbocycles. The number of hydrogen-bond acceptors (Lipinski definition) is 4. The maximum absolute atomic E-state index is 12.5. The van der Waals surface area contributed by atoms with Crippen molar-refractivity contribution in [1.29, 1.82) is 0 Å². The molecular formula is C17H26N2O3S. The second-order valence-electron chi connectivity index (χ2n) is 6.39. The standard InChI is InChI=1S/C17H26N2O3S/c1-17(2,19-9-11-23(21)12-10-19)13-18-16(20)15(22-3)14-7-5-4-6-8-14/h4-8,15H,9-13H2,1-3H3,(H,18,20). The molecule has 128 valence electrons. The van der Waals surface area contributed by atoms with Crippen molar-refractivity contribution in [2.24, 2.45) is 0 Å². The summed E-state index contributed by atoms with van der Waals surface area (Å²) in [6.07, 6.45) is -0.596. The van der Waals surface area contributed by atoms with Crippen LogP contribution in [0.1, 0.15) is 25.5 Å². The van der Waals surface area contributed by atoms with Crippen LogP contribution in [-0.4, -0.2) is 58.8 Å². The van der Waals surface area contributed by atoms with E-state index in [2.05, 4.69) is 24.1 Å². The second kappa shape index (κ2) is 8.04. The van der Waals surface area contributed by atoms with Crippen molar-refractivity contribution in [2.75, 3.05) is 38.2 Å². The fourth-order valence-electron chi connectivity index (χ4n) is 2.77. The molecule has 2 rings (SSSR count). The van der Waals surface area contributed by atoms with Gasteiger partial charge in [-0.1, -0.05) is 30.3 Å². The van der Waals surface area contributed by atoms with E-state index in [-0.39, 0.29) is 11.4 Å². The first-order chi connectivity index (χ1) is 10.9. The molecule has 1 heterocycles. The summed E-state index contributed by atoms with van der Waals surface area (Å²) in [6, 6.07) is 9.48. The van der Waals surface area contributed by atoms with Gasteiger partial charge in [0.2, 0.25) is 0 Å². The van der Waals surface area contributed by atoms with E-state index in [1.165, 1.54) is 0 Å². The lowest BCUT2D eigenvalue weighted by atomic mass is 10.0. The summed E-state index contributed by atoms with van der Waals surface area (Å²) in [4.78, 5) is 14.7. The molecule has 23 heavy (non-hydrogen) atoms. The molecule has 1 aliphatic rings. The Morgan fingerprint density at radius 3 is 2.48 bits per heavy atom. The van der Waals surface area contributed by atoms with Gasteiger partial charge in [0, 0.05) is 54.6 Å². The van der Waals surface area contributed by atoms with Crippen LogP contribution in [0, 0.1) is 0 Å². The number of carbonyl (C=O) groups excluding carboxylic acids is 1. The fourth-order valence-corrected chi connectivity index (χ4v) is 3.83. The van der Waals surface area contributed by atoms with Crippen LogP contribution in [0.15, 0.2) is 30.3 Å². The molecule has 1 aromatic rings. The van der Waals surface area contributed by atoms with Crippen LogP contribution in [0.25, 0.3) is 0 Å². The number of carbonyl (C=O) groups is 1. The Hall–Kier alpha value is -1.24. The summed E-state index contributed by atoms with van der Waals surface area (Å²) in [7, 11) is 0.853. The van der Waals surface area contributed by atoms with E-state index in [1.54, 1.807) is 7.11 Å². The minimum absolute atomic E-state index is 0.132. The molecule has 6 heteroatoms. The molecule has 0 aliphatic carbocycles. The van der Waals surface area contributed by atoms with Crippen molar-refractivity contribution in [3.63, 3.8) is 0 Å². The third kappa shape index (κ3) is 4.86. The number of nitrogens with one attached hydrogen (secondary N) is 1. The molecule has 1 N–H and O–H groups in total. The van der Waals surface area contributed by atoms with Gasteiger partial charge in [0.15, 0.2) is 6.10 Å². The summed E-state index contributed by atoms with van der Waals surface area (Å²) in [5.74, 6) is 1.29. The summed E-state index contributed by atoms with van der Waals surface area (Å²) in [6.45, 7) is 6.35. The molecule has 5 nitrogen and oxygen atoms in total. The van der Waals surface area contributed by atoms with E-state index >= 15 is 0 Å². The molecule has 1 fully saturated rings. The summed E-state index contributed by atoms with van der Waals surface area (Å²) >= 11 is 0. The number of benzene rings is 1. The summed E-state index contributed by atoms with van der Waals surface area (Å²) in [5, 5.41) is 3.00. The first kappa shape index (κ1) is 18.1. The van der Waals surface area contributed by atoms with Gasteiger partial charge >= 0.3 is 0 Å². The zero-order chi connectivity index (χ0) is 16.9. The third-order valence-corrected chi connectivity index (χ3v) is 5.58. The Balaban J connectivity index is 1.93. The number of methoxy groups -OCH3 is 1. The molecule has 0 spiro atoms. The first-order valence-electron chi connectivity index (χ1n) is 7.89. The number of hydrogen-bond donors (Lipinski definition) is 1. The Kier molecular flexibility index (Phi) is 6.33. The fraction of sp³-hybridized carbons (Fsp3) is 0.588. The van der Waals surface area contributed by atoms with Crippen molar-refractivity contribution in [3.8, 4) is 0 Å². The lowest BCUT2D eigenvalue weighted by Crippen LogP contribution is -2.56. The lowest BCUT2D eigenvalue weighted by Gasteiger charge is -2.40. The highest BCUT2D eigenvalue weighted by atomic mass is 32.2. The van der Waals surface area contributed by atoms with Crippen LogP contribution in [0.2, 0.25) is 0 Å². The normalized spacial score (nSPS) is 18.6. The second-order valence-corrected chi connectivity index (χ2v) is 8.09. The predicted molar refractivity (Wildman–Crippen MR) is 92.7 cm³/mol. The summed E-state index contributed by atoms with van der Waals surface area (Å²) < 4.78 is 16.8. The van der Waals surface area contributed by atoms with Gasteiger partial charge in [-0.05, 0) is 19.4 Å². The Labute approximate surface area is 140 Å². The minimum atomic E-state index is -0.691. The van der Waals surface area contributed by atoms with Gasteiger partial charge in [0.05, 0.1) is 0 Å². The molecule has 1 atom stereocenters. The quantitative estimate of drug-likeness (QED) is 0.850. The van der Waals surface area contributed by atoms with Crippen LogP contribution in [-0.2, 0) is 20.3 Å². The van der Waals surface area contributed by atoms with Gasteiger partial charge in [-0.25, -0.2) is 0 Å². The van der Waals surface area contributed by atoms with E-state index < -0.39 is 16.9 Å². The number of rotatable bonds is 6. The summed E-state index contributed by atoms with van der Waals surface area (Å²) in [5.41, 5.74) is 0.675. The van der Waals surface area contributed by atoms with Gasteiger partial charge < -0.3 is 10.1 Å². The highest BCUT2D eigenvalue weighted by Gasteiger charge is 2.31. The SMILES string of the molecule is COC(C(=O)NCC(C)(C)N1CCS(=O)CC1)c1ccccc1. The van der Waals surface area contributed by atoms with Crippen LogP contribution in [0.3, 0.4) is 0 Å². The van der Waals surface area contributed by atoms with Crippen molar-refractivity contribution in [2.45, 2.75) is 25.5 Å². The van der Waals surface area contributed by atoms with Gasteiger partial charge in [-0.2, -0.15) is 0 Å². The Morgan fingerprint density at radius 1 is 1.30 bits per heavy atom. The topological polar surface area (TPSA) is 58.6 Å². The molecule has 1 unspecified atom stereocenters. The maximum Gasteiger partial charge on any atom is 0.253 e. The average molecular weight is 338 g/mol. The Morgan fingerprint density at radius 2 is 1.91 bits per heavy atom. The van der Waals surface area contributed by atoms with Crippen molar-refractivity contribution >= 4 is 16.7 Å². The highest BCUT2D eigenvalue weighted by molar-refractivity contribution is 7.85. The monoisotopic (exact) mass is 338 g/mol. The largest absolute Gasteiger partial charge is 0.367 e. The van der Waals surface area contributed by atoms with Crippen LogP contribution in [0.5, 0.6) is 0 Å². The zero-order valence-corrected chi connectivity index (χ0v) is 14.9. The lowest BCUT2D eigenvalue weighted by molar-refractivity contribution is -0.132. The third-order valence-electron chi connectivity index (χ3n) is 4.31. The molecule has 0 radical (unpaired) electrons. The van der Waals surface area contributed by atoms with Crippen LogP contribution < -0.4 is 5.32 Å². The number of ether oxygens (including phenoxy) is 1. The van der Waals surface area contributed by atoms with E-state index in [9.17, 15) is 9.00 Å². The van der Waals surface area contributed by atoms with Gasteiger partial charge in [0.1, 0.15) is 0 Å². The molecule has 0 saturated carbocycles. The zero-order valence-electron chi connectivity index (χ0n) is 14.1. The minimum Gasteiger partial charge on any atom is -0.367 e. The van der Waals surface area contributed by atoms with Crippen molar-refractivity contribution < 1.29 is 13.7 Å². The van der Waals surface area contributed by atoms with Gasteiger partial charge in [-0.15, -0.1) is 0 Å². The van der Waals surface area contributed by atoms with Crippen LogP contribution >= 0.6 is 0 Å². The smallest absolute Gasteiger partial charge is 0.253 e. The Bertz CT molecular complexity index is 538. The van der Waals surface area contributed by atoms with Gasteiger partial charge in [0.25, 0.3) is 5.91 Å². The molecule has 1 aliphatic heterocycles. The molecule has 1 saturated heterocycles. The van der Waals surface area contributed by atoms with E-state index in [0.717, 1.165) is 18.7 Å². The number of amides is 1. The first-order valence-corrected chi connectivity index (χ1v) is 9.38. The predicted octanol–water partition coefficient (Wildman–Crippen LogP) is 1.33. The van der Waals surface area contributed by atoms with Crippen LogP contribution in [0.4, 0.5) is 0 Å². The molecule has 1 amide bonds. The molecular weight excluding hydrogens is 312 g/mol. The highest BCUT2D eigenvalue weighted by Crippen LogP contribution is 2.19. The van der Waals surface area contributed by atoms with E-state index in [4.69, 9.17) is 4.74 Å². The average Bonchev–Trinajstić information content (AvgIpc) is 2.55. The van der Waals surface area contributed by atoms with Crippen molar-refractivity contribution in [3.05, 3.63) is 35.9 Å².